The number of nitrogens with one attached hydrogen (secondary N) is 1. The van der Waals surface area contributed by atoms with Crippen molar-refractivity contribution in [1.29, 1.82) is 0 Å². The van der Waals surface area contributed by atoms with E-state index < -0.39 is 0 Å². The molecule has 5 heterocycles. The molecule has 6 rings (SSSR count). The first-order valence-corrected chi connectivity index (χ1v) is 12.0. The van der Waals surface area contributed by atoms with E-state index >= 15 is 0 Å². The Labute approximate surface area is 199 Å². The van der Waals surface area contributed by atoms with Crippen LogP contribution >= 0.6 is 0 Å². The minimum atomic E-state index is -0.0582. The molecule has 0 spiro atoms. The van der Waals surface area contributed by atoms with Crippen LogP contribution in [0.3, 0.4) is 0 Å². The van der Waals surface area contributed by atoms with Gasteiger partial charge in [-0.3, -0.25) is 14.4 Å². The summed E-state index contributed by atoms with van der Waals surface area (Å²) in [6.45, 7) is 7.02. The minimum Gasteiger partial charge on any atom is -0.473 e. The Morgan fingerprint density at radius 1 is 1.06 bits per heavy atom. The summed E-state index contributed by atoms with van der Waals surface area (Å²) in [6.07, 6.45) is 6.37. The lowest BCUT2D eigenvalue weighted by molar-refractivity contribution is 0.0753. The molecule has 3 atom stereocenters. The minimum absolute atomic E-state index is 0.0582. The number of rotatable bonds is 4. The van der Waals surface area contributed by atoms with Crippen molar-refractivity contribution in [1.82, 2.24) is 25.3 Å². The molecule has 34 heavy (non-hydrogen) atoms. The standard InChI is InChI=1S/C26H30N6O2/c1-16-21(15-31(4)29-16)17-5-6-18-14-32(24(33)20(18)11-17)22-7-8-23(28-27-22)34-19-12-25(2)9-10-26(3,13-19)30-25/h5-8,11,15,19,30H,9-10,12-14H2,1-4H3/t19?,25-,26+. The number of benzene rings is 1. The fourth-order valence-electron chi connectivity index (χ4n) is 6.10. The summed E-state index contributed by atoms with van der Waals surface area (Å²) in [4.78, 5) is 14.9. The summed E-state index contributed by atoms with van der Waals surface area (Å²) in [7, 11) is 1.90. The van der Waals surface area contributed by atoms with Gasteiger partial charge in [0.1, 0.15) is 6.10 Å². The number of carbonyl (C=O) groups is 1. The fraction of sp³-hybridized carbons (Fsp3) is 0.462. The molecule has 2 bridgehead atoms. The number of aromatic nitrogens is 4. The van der Waals surface area contributed by atoms with Gasteiger partial charge in [-0.25, -0.2) is 0 Å². The first-order valence-electron chi connectivity index (χ1n) is 12.0. The highest BCUT2D eigenvalue weighted by Crippen LogP contribution is 2.43. The first-order chi connectivity index (χ1) is 16.2. The largest absolute Gasteiger partial charge is 0.473 e. The summed E-state index contributed by atoms with van der Waals surface area (Å²) in [6, 6.07) is 9.69. The second-order valence-corrected chi connectivity index (χ2v) is 10.7. The highest BCUT2D eigenvalue weighted by Gasteiger charge is 2.49. The zero-order chi connectivity index (χ0) is 23.7. The Hall–Kier alpha value is -3.26. The third kappa shape index (κ3) is 3.57. The average molecular weight is 459 g/mol. The van der Waals surface area contributed by atoms with Gasteiger partial charge in [0.25, 0.3) is 5.91 Å². The lowest BCUT2D eigenvalue weighted by atomic mass is 9.86. The molecule has 0 saturated carbocycles. The topological polar surface area (TPSA) is 85.2 Å². The number of hydrogen-bond donors (Lipinski definition) is 1. The van der Waals surface area contributed by atoms with Crippen molar-refractivity contribution in [3.63, 3.8) is 0 Å². The molecule has 2 aromatic heterocycles. The number of carbonyl (C=O) groups excluding carboxylic acids is 1. The van der Waals surface area contributed by atoms with Crippen LogP contribution in [0.2, 0.25) is 0 Å². The Balaban J connectivity index is 1.18. The number of nitrogens with zero attached hydrogens (tertiary/aromatic N) is 5. The SMILES string of the molecule is Cc1nn(C)cc1-c1ccc2c(c1)C(=O)N(c1ccc(OC3C[C@]4(C)CC[C@](C)(C3)N4)nn1)C2. The van der Waals surface area contributed by atoms with Gasteiger partial charge >= 0.3 is 0 Å². The van der Waals surface area contributed by atoms with E-state index in [-0.39, 0.29) is 23.1 Å². The van der Waals surface area contributed by atoms with Gasteiger partial charge < -0.3 is 10.1 Å². The molecule has 2 saturated heterocycles. The summed E-state index contributed by atoms with van der Waals surface area (Å²) < 4.78 is 8.02. The van der Waals surface area contributed by atoms with E-state index in [0.29, 0.717) is 23.8 Å². The maximum Gasteiger partial charge on any atom is 0.260 e. The Morgan fingerprint density at radius 3 is 2.47 bits per heavy atom. The van der Waals surface area contributed by atoms with Gasteiger partial charge in [-0.05, 0) is 56.9 Å². The number of aryl methyl sites for hydroxylation is 2. The van der Waals surface area contributed by atoms with Gasteiger partial charge in [0, 0.05) is 54.4 Å². The van der Waals surface area contributed by atoms with E-state index in [2.05, 4.69) is 40.5 Å². The summed E-state index contributed by atoms with van der Waals surface area (Å²) in [5, 5.41) is 16.9. The highest BCUT2D eigenvalue weighted by molar-refractivity contribution is 6.10. The molecular formula is C26H30N6O2. The zero-order valence-electron chi connectivity index (χ0n) is 20.1. The highest BCUT2D eigenvalue weighted by atomic mass is 16.5. The molecule has 3 aromatic rings. The number of hydrogen-bond acceptors (Lipinski definition) is 6. The first kappa shape index (κ1) is 21.3. The Kier molecular flexibility index (Phi) is 4.61. The number of ether oxygens (including phenoxy) is 1. The molecule has 8 heteroatoms. The van der Waals surface area contributed by atoms with Gasteiger partial charge in [-0.2, -0.15) is 5.10 Å². The average Bonchev–Trinajstić information content (AvgIpc) is 3.38. The summed E-state index contributed by atoms with van der Waals surface area (Å²) in [5.74, 6) is 0.995. The van der Waals surface area contributed by atoms with E-state index in [0.717, 1.165) is 35.2 Å². The van der Waals surface area contributed by atoms with Crippen molar-refractivity contribution in [2.45, 2.75) is 70.2 Å². The molecule has 1 N–H and O–H groups in total. The van der Waals surface area contributed by atoms with Crippen LogP contribution in [0.25, 0.3) is 11.1 Å². The van der Waals surface area contributed by atoms with Crippen molar-refractivity contribution in [2.75, 3.05) is 4.90 Å². The van der Waals surface area contributed by atoms with E-state index in [1.165, 1.54) is 12.8 Å². The quantitative estimate of drug-likeness (QED) is 0.640. The van der Waals surface area contributed by atoms with E-state index in [9.17, 15) is 4.79 Å². The lowest BCUT2D eigenvalue weighted by Crippen LogP contribution is -2.56. The Morgan fingerprint density at radius 2 is 1.82 bits per heavy atom. The molecule has 0 aliphatic carbocycles. The van der Waals surface area contributed by atoms with Gasteiger partial charge in [0.05, 0.1) is 12.2 Å². The number of anilines is 1. The molecule has 3 aliphatic heterocycles. The van der Waals surface area contributed by atoms with Crippen LogP contribution in [0.4, 0.5) is 5.82 Å². The van der Waals surface area contributed by atoms with Crippen LogP contribution < -0.4 is 15.0 Å². The monoisotopic (exact) mass is 458 g/mol. The maximum absolute atomic E-state index is 13.2. The molecule has 176 valence electrons. The summed E-state index contributed by atoms with van der Waals surface area (Å²) >= 11 is 0. The molecule has 0 radical (unpaired) electrons. The number of piperidine rings is 1. The summed E-state index contributed by atoms with van der Waals surface area (Å²) in [5.41, 5.74) is 4.92. The molecular weight excluding hydrogens is 428 g/mol. The predicted octanol–water partition coefficient (Wildman–Crippen LogP) is 3.79. The second-order valence-electron chi connectivity index (χ2n) is 10.7. The van der Waals surface area contributed by atoms with Crippen molar-refractivity contribution in [3.8, 4) is 17.0 Å². The maximum atomic E-state index is 13.2. The third-order valence-corrected chi connectivity index (χ3v) is 7.62. The smallest absolute Gasteiger partial charge is 0.260 e. The lowest BCUT2D eigenvalue weighted by Gasteiger charge is -2.41. The van der Waals surface area contributed by atoms with Crippen LogP contribution in [0.1, 0.15) is 61.1 Å². The number of amides is 1. The van der Waals surface area contributed by atoms with E-state index in [1.54, 1.807) is 9.58 Å². The molecule has 1 unspecified atom stereocenters. The van der Waals surface area contributed by atoms with Gasteiger partial charge in [0.2, 0.25) is 5.88 Å². The van der Waals surface area contributed by atoms with Gasteiger partial charge in [0.15, 0.2) is 5.82 Å². The van der Waals surface area contributed by atoms with Crippen molar-refractivity contribution in [2.24, 2.45) is 7.05 Å². The van der Waals surface area contributed by atoms with Crippen molar-refractivity contribution < 1.29 is 9.53 Å². The fourth-order valence-corrected chi connectivity index (χ4v) is 6.10. The van der Waals surface area contributed by atoms with E-state index in [4.69, 9.17) is 4.74 Å². The van der Waals surface area contributed by atoms with E-state index in [1.807, 2.05) is 44.4 Å². The molecule has 3 aliphatic rings. The molecule has 1 aromatic carbocycles. The molecule has 2 fully saturated rings. The Bertz CT molecular complexity index is 1270. The van der Waals surface area contributed by atoms with Crippen LogP contribution in [0, 0.1) is 6.92 Å². The van der Waals surface area contributed by atoms with Crippen LogP contribution in [-0.4, -0.2) is 43.1 Å². The molecule has 8 nitrogen and oxygen atoms in total. The van der Waals surface area contributed by atoms with Crippen LogP contribution in [-0.2, 0) is 13.6 Å². The third-order valence-electron chi connectivity index (χ3n) is 7.62. The second kappa shape index (κ2) is 7.37. The van der Waals surface area contributed by atoms with Gasteiger partial charge in [-0.1, -0.05) is 12.1 Å². The zero-order valence-corrected chi connectivity index (χ0v) is 20.1. The number of fused-ring (bicyclic) bond motifs is 3. The van der Waals surface area contributed by atoms with Gasteiger partial charge in [-0.15, -0.1) is 10.2 Å². The predicted molar refractivity (Wildman–Crippen MR) is 129 cm³/mol. The van der Waals surface area contributed by atoms with Crippen LogP contribution in [0.5, 0.6) is 5.88 Å². The molecule has 1 amide bonds. The van der Waals surface area contributed by atoms with Crippen molar-refractivity contribution in [3.05, 3.63) is 53.3 Å². The van der Waals surface area contributed by atoms with Crippen molar-refractivity contribution >= 4 is 11.7 Å². The normalized spacial score (nSPS) is 27.8. The van der Waals surface area contributed by atoms with Crippen LogP contribution in [0.15, 0.2) is 36.5 Å².